The molecule has 134 valence electrons. The standard InChI is InChI=1S/C19H18N2O4S/c22-17-12-21(16-9-5-4-8-15(16)20-17)18(23)13-25-19(24)10-11-26-14-6-2-1-3-7-14/h1-9H,10-13H2,(H,20,22). The molecule has 0 aliphatic carbocycles. The number of nitrogens with one attached hydrogen (secondary N) is 1. The van der Waals surface area contributed by atoms with Crippen LogP contribution in [0.3, 0.4) is 0 Å². The molecule has 0 saturated carbocycles. The van der Waals surface area contributed by atoms with E-state index in [0.29, 0.717) is 17.1 Å². The molecular formula is C19H18N2O4S. The lowest BCUT2D eigenvalue weighted by atomic mass is 10.2. The molecule has 3 rings (SSSR count). The van der Waals surface area contributed by atoms with Crippen LogP contribution in [0.4, 0.5) is 11.4 Å². The van der Waals surface area contributed by atoms with Crippen LogP contribution < -0.4 is 10.2 Å². The maximum atomic E-state index is 12.4. The van der Waals surface area contributed by atoms with E-state index in [-0.39, 0.29) is 25.5 Å². The molecule has 0 radical (unpaired) electrons. The first kappa shape index (κ1) is 18.0. The normalized spacial score (nSPS) is 12.9. The predicted molar refractivity (Wildman–Crippen MR) is 100 cm³/mol. The third-order valence-electron chi connectivity index (χ3n) is 3.75. The molecule has 0 fully saturated rings. The first-order chi connectivity index (χ1) is 12.6. The van der Waals surface area contributed by atoms with Crippen molar-refractivity contribution in [2.24, 2.45) is 0 Å². The summed E-state index contributed by atoms with van der Waals surface area (Å²) in [6.07, 6.45) is 0.212. The highest BCUT2D eigenvalue weighted by Crippen LogP contribution is 2.28. The summed E-state index contributed by atoms with van der Waals surface area (Å²) in [5, 5.41) is 2.71. The van der Waals surface area contributed by atoms with Crippen molar-refractivity contribution in [2.75, 3.05) is 29.1 Å². The van der Waals surface area contributed by atoms with Crippen LogP contribution in [0, 0.1) is 0 Å². The van der Waals surface area contributed by atoms with Gasteiger partial charge in [-0.15, -0.1) is 11.8 Å². The zero-order chi connectivity index (χ0) is 18.4. The van der Waals surface area contributed by atoms with Crippen molar-refractivity contribution in [1.29, 1.82) is 0 Å². The Bertz CT molecular complexity index is 810. The predicted octanol–water partition coefficient (Wildman–Crippen LogP) is 2.70. The van der Waals surface area contributed by atoms with Crippen molar-refractivity contribution >= 4 is 40.9 Å². The third-order valence-corrected chi connectivity index (χ3v) is 4.76. The number of amides is 2. The molecule has 1 aliphatic rings. The molecule has 0 aromatic heterocycles. The number of hydrogen-bond donors (Lipinski definition) is 1. The second kappa shape index (κ2) is 8.53. The molecule has 2 aromatic carbocycles. The van der Waals surface area contributed by atoms with Crippen LogP contribution in [-0.2, 0) is 19.1 Å². The Morgan fingerprint density at radius 1 is 1.08 bits per heavy atom. The van der Waals surface area contributed by atoms with E-state index in [0.717, 1.165) is 4.90 Å². The summed E-state index contributed by atoms with van der Waals surface area (Å²) in [6.45, 7) is -0.465. The summed E-state index contributed by atoms with van der Waals surface area (Å²) >= 11 is 1.55. The molecule has 2 amide bonds. The quantitative estimate of drug-likeness (QED) is 0.625. The van der Waals surface area contributed by atoms with Crippen LogP contribution >= 0.6 is 11.8 Å². The van der Waals surface area contributed by atoms with E-state index in [1.807, 2.05) is 30.3 Å². The fourth-order valence-electron chi connectivity index (χ4n) is 2.52. The number of rotatable bonds is 6. The van der Waals surface area contributed by atoms with Crippen molar-refractivity contribution in [3.05, 3.63) is 54.6 Å². The molecule has 6 nitrogen and oxygen atoms in total. The van der Waals surface area contributed by atoms with Gasteiger partial charge in [0.25, 0.3) is 5.91 Å². The molecule has 26 heavy (non-hydrogen) atoms. The lowest BCUT2D eigenvalue weighted by Crippen LogP contribution is -2.44. The number of fused-ring (bicyclic) bond motifs is 1. The fourth-order valence-corrected chi connectivity index (χ4v) is 3.37. The Balaban J connectivity index is 1.48. The molecule has 0 spiro atoms. The summed E-state index contributed by atoms with van der Waals surface area (Å²) in [5.41, 5.74) is 1.18. The molecular weight excluding hydrogens is 352 g/mol. The van der Waals surface area contributed by atoms with Crippen molar-refractivity contribution in [2.45, 2.75) is 11.3 Å². The summed E-state index contributed by atoms with van der Waals surface area (Å²) in [6, 6.07) is 16.8. The Labute approximate surface area is 155 Å². The van der Waals surface area contributed by atoms with Gasteiger partial charge in [0, 0.05) is 10.6 Å². The van der Waals surface area contributed by atoms with Gasteiger partial charge in [0.1, 0.15) is 6.54 Å². The Morgan fingerprint density at radius 2 is 1.81 bits per heavy atom. The number of carbonyl (C=O) groups is 3. The SMILES string of the molecule is O=C1CN(C(=O)COC(=O)CCSc2ccccc2)c2ccccc2N1. The number of ether oxygens (including phenoxy) is 1. The molecule has 2 aromatic rings. The van der Waals surface area contributed by atoms with Gasteiger partial charge < -0.3 is 10.1 Å². The molecule has 1 N–H and O–H groups in total. The third kappa shape index (κ3) is 4.64. The van der Waals surface area contributed by atoms with Crippen LogP contribution in [0.1, 0.15) is 6.42 Å². The first-order valence-electron chi connectivity index (χ1n) is 8.16. The van der Waals surface area contributed by atoms with Crippen LogP contribution in [0.15, 0.2) is 59.5 Å². The number of para-hydroxylation sites is 2. The molecule has 0 unspecified atom stereocenters. The lowest BCUT2D eigenvalue weighted by Gasteiger charge is -2.28. The molecule has 1 heterocycles. The number of benzene rings is 2. The van der Waals surface area contributed by atoms with Gasteiger partial charge in [-0.25, -0.2) is 0 Å². The maximum absolute atomic E-state index is 12.4. The average Bonchev–Trinajstić information content (AvgIpc) is 2.66. The van der Waals surface area contributed by atoms with E-state index >= 15 is 0 Å². The number of thioether (sulfide) groups is 1. The van der Waals surface area contributed by atoms with Crippen molar-refractivity contribution in [3.63, 3.8) is 0 Å². The van der Waals surface area contributed by atoms with E-state index < -0.39 is 11.9 Å². The van der Waals surface area contributed by atoms with Gasteiger partial charge >= 0.3 is 5.97 Å². The molecule has 0 bridgehead atoms. The van der Waals surface area contributed by atoms with Gasteiger partial charge in [0.15, 0.2) is 6.61 Å². The van der Waals surface area contributed by atoms with Gasteiger partial charge in [-0.05, 0) is 24.3 Å². The Hall–Kier alpha value is -2.80. The smallest absolute Gasteiger partial charge is 0.307 e. The van der Waals surface area contributed by atoms with E-state index in [1.54, 1.807) is 36.0 Å². The fraction of sp³-hybridized carbons (Fsp3) is 0.211. The average molecular weight is 370 g/mol. The van der Waals surface area contributed by atoms with E-state index in [1.165, 1.54) is 4.90 Å². The molecule has 0 saturated heterocycles. The van der Waals surface area contributed by atoms with Gasteiger partial charge in [0.2, 0.25) is 5.91 Å². The maximum Gasteiger partial charge on any atom is 0.307 e. The minimum absolute atomic E-state index is 0.0861. The topological polar surface area (TPSA) is 75.7 Å². The zero-order valence-corrected chi connectivity index (χ0v) is 14.8. The Morgan fingerprint density at radius 3 is 2.62 bits per heavy atom. The number of esters is 1. The van der Waals surface area contributed by atoms with E-state index in [9.17, 15) is 14.4 Å². The van der Waals surface area contributed by atoms with E-state index in [4.69, 9.17) is 4.74 Å². The van der Waals surface area contributed by atoms with Crippen molar-refractivity contribution in [1.82, 2.24) is 0 Å². The van der Waals surface area contributed by atoms with Crippen LogP contribution in [0.5, 0.6) is 0 Å². The largest absolute Gasteiger partial charge is 0.456 e. The Kier molecular flexibility index (Phi) is 5.91. The van der Waals surface area contributed by atoms with Gasteiger partial charge in [-0.3, -0.25) is 19.3 Å². The number of anilines is 2. The van der Waals surface area contributed by atoms with Gasteiger partial charge in [-0.1, -0.05) is 30.3 Å². The molecule has 0 atom stereocenters. The highest BCUT2D eigenvalue weighted by atomic mass is 32.2. The van der Waals surface area contributed by atoms with Gasteiger partial charge in [-0.2, -0.15) is 0 Å². The highest BCUT2D eigenvalue weighted by molar-refractivity contribution is 7.99. The van der Waals surface area contributed by atoms with Crippen LogP contribution in [0.25, 0.3) is 0 Å². The zero-order valence-electron chi connectivity index (χ0n) is 14.0. The minimum Gasteiger partial charge on any atom is -0.456 e. The molecule has 1 aliphatic heterocycles. The lowest BCUT2D eigenvalue weighted by molar-refractivity contribution is -0.147. The van der Waals surface area contributed by atoms with Crippen molar-refractivity contribution in [3.8, 4) is 0 Å². The van der Waals surface area contributed by atoms with Crippen LogP contribution in [-0.4, -0.2) is 36.7 Å². The number of carbonyl (C=O) groups excluding carboxylic acids is 3. The second-order valence-corrected chi connectivity index (χ2v) is 6.79. The second-order valence-electron chi connectivity index (χ2n) is 5.62. The molecule has 7 heteroatoms. The number of hydrogen-bond acceptors (Lipinski definition) is 5. The summed E-state index contributed by atoms with van der Waals surface area (Å²) < 4.78 is 5.07. The summed E-state index contributed by atoms with van der Waals surface area (Å²) in [7, 11) is 0. The first-order valence-corrected chi connectivity index (χ1v) is 9.15. The van der Waals surface area contributed by atoms with Crippen molar-refractivity contribution < 1.29 is 19.1 Å². The van der Waals surface area contributed by atoms with E-state index in [2.05, 4.69) is 5.32 Å². The highest BCUT2D eigenvalue weighted by Gasteiger charge is 2.27. The number of nitrogens with zero attached hydrogens (tertiary/aromatic N) is 1. The minimum atomic E-state index is -0.434. The summed E-state index contributed by atoms with van der Waals surface area (Å²) in [4.78, 5) is 38.4. The monoisotopic (exact) mass is 370 g/mol. The van der Waals surface area contributed by atoms with Crippen LogP contribution in [0.2, 0.25) is 0 Å². The van der Waals surface area contributed by atoms with Gasteiger partial charge in [0.05, 0.1) is 17.8 Å². The summed E-state index contributed by atoms with van der Waals surface area (Å²) in [5.74, 6) is -0.554.